The number of rotatable bonds is 2. The molecule has 20 heavy (non-hydrogen) atoms. The highest BCUT2D eigenvalue weighted by Gasteiger charge is 2.47. The number of carboxylic acid groups (broad SMARTS) is 1. The molecule has 1 N–H and O–H groups in total. The average molecular weight is 272 g/mol. The van der Waals surface area contributed by atoms with Crippen LogP contribution in [0.3, 0.4) is 0 Å². The number of aromatic carboxylic acids is 1. The lowest BCUT2D eigenvalue weighted by Crippen LogP contribution is -2.26. The Morgan fingerprint density at radius 2 is 2.40 bits per heavy atom. The van der Waals surface area contributed by atoms with Crippen LogP contribution in [-0.4, -0.2) is 25.8 Å². The zero-order valence-corrected chi connectivity index (χ0v) is 10.6. The number of carbonyl (C=O) groups is 1. The number of carboxylic acids is 1. The Hall–Kier alpha value is -2.44. The van der Waals surface area contributed by atoms with Crippen molar-refractivity contribution in [3.05, 3.63) is 40.7 Å². The molecular formula is C13H12N4O3. The molecule has 0 aromatic carbocycles. The van der Waals surface area contributed by atoms with E-state index in [1.165, 1.54) is 23.3 Å². The van der Waals surface area contributed by atoms with Crippen LogP contribution in [0.1, 0.15) is 40.5 Å². The summed E-state index contributed by atoms with van der Waals surface area (Å²) >= 11 is 0. The number of aromatic nitrogens is 4. The lowest BCUT2D eigenvalue weighted by Gasteiger charge is -2.12. The zero-order valence-electron chi connectivity index (χ0n) is 10.6. The van der Waals surface area contributed by atoms with Crippen molar-refractivity contribution in [1.29, 1.82) is 0 Å². The van der Waals surface area contributed by atoms with E-state index < -0.39 is 5.97 Å². The van der Waals surface area contributed by atoms with Gasteiger partial charge in [-0.1, -0.05) is 0 Å². The monoisotopic (exact) mass is 272 g/mol. The second-order valence-corrected chi connectivity index (χ2v) is 5.34. The van der Waals surface area contributed by atoms with Crippen LogP contribution >= 0.6 is 0 Å². The first-order valence-corrected chi connectivity index (χ1v) is 6.55. The van der Waals surface area contributed by atoms with Gasteiger partial charge in [-0.2, -0.15) is 9.83 Å². The molecule has 2 aromatic heterocycles. The van der Waals surface area contributed by atoms with Gasteiger partial charge in [0.2, 0.25) is 12.0 Å². The quantitative estimate of drug-likeness (QED) is 0.639. The molecule has 1 saturated carbocycles. The fraction of sp³-hybridized carbons (Fsp3) is 0.385. The maximum atomic E-state index is 11.4. The van der Waals surface area contributed by atoms with Gasteiger partial charge in [-0.05, 0) is 25.2 Å². The molecule has 102 valence electrons. The summed E-state index contributed by atoms with van der Waals surface area (Å²) in [5, 5.41) is 24.9. The van der Waals surface area contributed by atoms with Crippen molar-refractivity contribution in [1.82, 2.24) is 14.8 Å². The molecule has 2 aromatic rings. The van der Waals surface area contributed by atoms with E-state index >= 15 is 0 Å². The maximum absolute atomic E-state index is 11.4. The molecule has 0 aliphatic heterocycles. The summed E-state index contributed by atoms with van der Waals surface area (Å²) in [6.07, 6.45) is 6.82. The summed E-state index contributed by atoms with van der Waals surface area (Å²) in [5.74, 6) is 0.341. The summed E-state index contributed by atoms with van der Waals surface area (Å²) in [5.41, 5.74) is 1.82. The van der Waals surface area contributed by atoms with Gasteiger partial charge in [0.25, 0.3) is 0 Å². The predicted octanol–water partition coefficient (Wildman–Crippen LogP) is 0.649. The molecule has 2 heterocycles. The predicted molar refractivity (Wildman–Crippen MR) is 66.4 cm³/mol. The van der Waals surface area contributed by atoms with Crippen LogP contribution in [0, 0.1) is 11.1 Å². The van der Waals surface area contributed by atoms with Gasteiger partial charge in [0.1, 0.15) is 0 Å². The van der Waals surface area contributed by atoms with Crippen LogP contribution in [-0.2, 0) is 6.42 Å². The molecule has 2 atom stereocenters. The van der Waals surface area contributed by atoms with Gasteiger partial charge < -0.3 is 10.3 Å². The van der Waals surface area contributed by atoms with Gasteiger partial charge in [-0.3, -0.25) is 0 Å². The molecule has 1 fully saturated rings. The van der Waals surface area contributed by atoms with Crippen molar-refractivity contribution < 1.29 is 14.6 Å². The van der Waals surface area contributed by atoms with E-state index in [0.717, 1.165) is 30.5 Å². The number of fused-ring (bicyclic) bond motifs is 3. The molecule has 4 rings (SSSR count). The molecule has 7 nitrogen and oxygen atoms in total. The molecule has 0 bridgehead atoms. The van der Waals surface area contributed by atoms with Crippen LogP contribution in [0.2, 0.25) is 0 Å². The highest BCUT2D eigenvalue weighted by Crippen LogP contribution is 2.55. The second-order valence-electron chi connectivity index (χ2n) is 5.34. The van der Waals surface area contributed by atoms with Gasteiger partial charge in [0.15, 0.2) is 11.9 Å². The first-order chi connectivity index (χ1) is 9.65. The molecule has 0 unspecified atom stereocenters. The number of hydrogen-bond acceptors (Lipinski definition) is 4. The van der Waals surface area contributed by atoms with Crippen LogP contribution in [0.25, 0.3) is 5.82 Å². The third-order valence-corrected chi connectivity index (χ3v) is 4.14. The van der Waals surface area contributed by atoms with Gasteiger partial charge >= 0.3 is 5.97 Å². The van der Waals surface area contributed by atoms with E-state index in [2.05, 4.69) is 10.1 Å². The highest BCUT2D eigenvalue weighted by atomic mass is 16.5. The Labute approximate surface area is 114 Å². The van der Waals surface area contributed by atoms with Crippen LogP contribution in [0.15, 0.2) is 18.6 Å². The lowest BCUT2D eigenvalue weighted by atomic mass is 9.96. The van der Waals surface area contributed by atoms with Crippen LogP contribution in [0.4, 0.5) is 0 Å². The fourth-order valence-corrected chi connectivity index (χ4v) is 3.14. The third-order valence-electron chi connectivity index (χ3n) is 4.14. The third kappa shape index (κ3) is 1.52. The normalized spacial score (nSPS) is 23.0. The topological polar surface area (TPSA) is 95.0 Å². The van der Waals surface area contributed by atoms with Gasteiger partial charge in [0, 0.05) is 11.5 Å². The molecular weight excluding hydrogens is 260 g/mol. The molecule has 0 radical (unpaired) electrons. The van der Waals surface area contributed by atoms with Crippen molar-refractivity contribution in [2.45, 2.75) is 25.2 Å². The lowest BCUT2D eigenvalue weighted by molar-refractivity contribution is -0.605. The molecule has 0 spiro atoms. The minimum Gasteiger partial charge on any atom is -0.619 e. The van der Waals surface area contributed by atoms with Crippen molar-refractivity contribution in [3.63, 3.8) is 0 Å². The molecule has 2 aliphatic carbocycles. The zero-order chi connectivity index (χ0) is 13.9. The summed E-state index contributed by atoms with van der Waals surface area (Å²) in [4.78, 5) is 15.5. The van der Waals surface area contributed by atoms with Crippen molar-refractivity contribution in [2.24, 2.45) is 5.92 Å². The first kappa shape index (κ1) is 11.4. The van der Waals surface area contributed by atoms with E-state index in [1.54, 1.807) is 0 Å². The minimum absolute atomic E-state index is 0.0912. The molecule has 0 saturated heterocycles. The van der Waals surface area contributed by atoms with Gasteiger partial charge in [-0.25, -0.2) is 14.5 Å². The Morgan fingerprint density at radius 3 is 3.15 bits per heavy atom. The van der Waals surface area contributed by atoms with Crippen molar-refractivity contribution in [2.75, 3.05) is 0 Å². The average Bonchev–Trinajstić information content (AvgIpc) is 3.10. The molecule has 7 heteroatoms. The Kier molecular flexibility index (Phi) is 2.15. The van der Waals surface area contributed by atoms with Crippen LogP contribution in [0.5, 0.6) is 0 Å². The Morgan fingerprint density at radius 1 is 1.55 bits per heavy atom. The standard InChI is InChI=1S/C13H12N4O3/c18-13(19)11-8-2-1-7-5-9(7)12(8)17(15-11)10-6-16(20)4-3-14-10/h3-4,6-7,9H,1-2,5H2,(H,18,19)/t7-,9+/m0/s1. The SMILES string of the molecule is O=C(O)c1nn(-c2c[n+]([O-])ccn2)c2c1CC[C@H]1C[C@@H]21. The first-order valence-electron chi connectivity index (χ1n) is 6.55. The largest absolute Gasteiger partial charge is 0.619 e. The summed E-state index contributed by atoms with van der Waals surface area (Å²) in [6.45, 7) is 0. The summed E-state index contributed by atoms with van der Waals surface area (Å²) in [7, 11) is 0. The fourth-order valence-electron chi connectivity index (χ4n) is 3.14. The van der Waals surface area contributed by atoms with Crippen LogP contribution < -0.4 is 4.73 Å². The second kappa shape index (κ2) is 3.78. The number of nitrogens with zero attached hydrogens (tertiary/aromatic N) is 4. The van der Waals surface area contributed by atoms with Crippen molar-refractivity contribution in [3.8, 4) is 5.82 Å². The Balaban J connectivity index is 1.94. The highest BCUT2D eigenvalue weighted by molar-refractivity contribution is 5.87. The molecule has 0 amide bonds. The van der Waals surface area contributed by atoms with Gasteiger partial charge in [-0.15, -0.1) is 0 Å². The number of hydrogen-bond donors (Lipinski definition) is 1. The Bertz CT molecular complexity index is 724. The smallest absolute Gasteiger partial charge is 0.356 e. The van der Waals surface area contributed by atoms with E-state index in [9.17, 15) is 15.1 Å². The molecule has 2 aliphatic rings. The summed E-state index contributed by atoms with van der Waals surface area (Å²) in [6, 6.07) is 0. The van der Waals surface area contributed by atoms with E-state index in [0.29, 0.717) is 22.4 Å². The summed E-state index contributed by atoms with van der Waals surface area (Å²) < 4.78 is 2.18. The minimum atomic E-state index is -1.02. The van der Waals surface area contributed by atoms with Gasteiger partial charge in [0.05, 0.1) is 11.9 Å². The van der Waals surface area contributed by atoms with Crippen molar-refractivity contribution >= 4 is 5.97 Å². The van der Waals surface area contributed by atoms with E-state index in [4.69, 9.17) is 0 Å². The van der Waals surface area contributed by atoms with E-state index in [1.807, 2.05) is 0 Å². The van der Waals surface area contributed by atoms with E-state index in [-0.39, 0.29) is 5.69 Å². The maximum Gasteiger partial charge on any atom is 0.356 e.